The number of aromatic amines is 1. The number of aryl methyl sites for hydroxylation is 2. The molecule has 104 valence electrons. The van der Waals surface area contributed by atoms with Gasteiger partial charge in [0.1, 0.15) is 5.76 Å². The maximum atomic E-state index is 12.0. The van der Waals surface area contributed by atoms with Crippen molar-refractivity contribution in [3.8, 4) is 0 Å². The van der Waals surface area contributed by atoms with Gasteiger partial charge in [0.15, 0.2) is 0 Å². The van der Waals surface area contributed by atoms with E-state index in [0.717, 1.165) is 11.3 Å². The summed E-state index contributed by atoms with van der Waals surface area (Å²) in [5, 5.41) is 3.76. The van der Waals surface area contributed by atoms with E-state index in [4.69, 9.17) is 4.52 Å². The molecular weight excluding hydrogens is 268 g/mol. The van der Waals surface area contributed by atoms with Gasteiger partial charge in [0, 0.05) is 24.0 Å². The molecular formula is C11H16N4O3S. The largest absolute Gasteiger partial charge is 0.361 e. The monoisotopic (exact) mass is 284 g/mol. The van der Waals surface area contributed by atoms with Crippen molar-refractivity contribution in [1.82, 2.24) is 19.8 Å². The minimum Gasteiger partial charge on any atom is -0.361 e. The van der Waals surface area contributed by atoms with Crippen LogP contribution in [0.25, 0.3) is 0 Å². The fourth-order valence-electron chi connectivity index (χ4n) is 1.86. The summed E-state index contributed by atoms with van der Waals surface area (Å²) < 4.78 is 31.5. The van der Waals surface area contributed by atoms with Crippen LogP contribution in [0.4, 0.5) is 0 Å². The van der Waals surface area contributed by atoms with Gasteiger partial charge in [-0.3, -0.25) is 0 Å². The third-order valence-electron chi connectivity index (χ3n) is 2.78. The molecule has 0 fully saturated rings. The van der Waals surface area contributed by atoms with Gasteiger partial charge in [0.2, 0.25) is 5.16 Å². The van der Waals surface area contributed by atoms with Crippen molar-refractivity contribution in [3.05, 3.63) is 29.4 Å². The van der Waals surface area contributed by atoms with Crippen molar-refractivity contribution in [2.75, 3.05) is 0 Å². The third-order valence-corrected chi connectivity index (χ3v) is 4.22. The molecule has 2 aromatic rings. The van der Waals surface area contributed by atoms with Gasteiger partial charge in [-0.05, 0) is 27.2 Å². The summed E-state index contributed by atoms with van der Waals surface area (Å²) in [6.45, 7) is 5.43. The van der Waals surface area contributed by atoms with Crippen LogP contribution in [0.15, 0.2) is 22.1 Å². The predicted octanol–water partition coefficient (Wildman–Crippen LogP) is 0.924. The lowest BCUT2D eigenvalue weighted by Crippen LogP contribution is -2.34. The number of sulfonamides is 1. The Morgan fingerprint density at radius 2 is 2.21 bits per heavy atom. The van der Waals surface area contributed by atoms with Gasteiger partial charge in [-0.2, -0.15) is 0 Å². The molecule has 1 atom stereocenters. The Morgan fingerprint density at radius 3 is 2.74 bits per heavy atom. The molecule has 0 aromatic carbocycles. The Morgan fingerprint density at radius 1 is 1.47 bits per heavy atom. The molecule has 0 saturated carbocycles. The Labute approximate surface area is 111 Å². The molecule has 2 aromatic heterocycles. The fraction of sp³-hybridized carbons (Fsp3) is 0.455. The summed E-state index contributed by atoms with van der Waals surface area (Å²) in [7, 11) is -3.61. The zero-order valence-electron chi connectivity index (χ0n) is 11.0. The van der Waals surface area contributed by atoms with Crippen LogP contribution in [0.2, 0.25) is 0 Å². The second-order valence-electron chi connectivity index (χ2n) is 4.42. The van der Waals surface area contributed by atoms with Gasteiger partial charge in [-0.15, -0.1) is 0 Å². The summed E-state index contributed by atoms with van der Waals surface area (Å²) >= 11 is 0. The number of aromatic nitrogens is 3. The number of imidazole rings is 1. The van der Waals surface area contributed by atoms with Crippen LogP contribution in [0.1, 0.15) is 23.9 Å². The van der Waals surface area contributed by atoms with Crippen molar-refractivity contribution in [3.63, 3.8) is 0 Å². The highest BCUT2D eigenvalue weighted by Crippen LogP contribution is 2.15. The second kappa shape index (κ2) is 5.14. The maximum Gasteiger partial charge on any atom is 0.274 e. The van der Waals surface area contributed by atoms with Crippen LogP contribution in [0.3, 0.4) is 0 Å². The molecule has 2 rings (SSSR count). The smallest absolute Gasteiger partial charge is 0.274 e. The number of nitrogens with zero attached hydrogens (tertiary/aromatic N) is 2. The summed E-state index contributed by atoms with van der Waals surface area (Å²) in [5.74, 6) is 0.710. The topological polar surface area (TPSA) is 101 Å². The summed E-state index contributed by atoms with van der Waals surface area (Å²) in [6, 6.07) is -0.285. The number of hydrogen-bond donors (Lipinski definition) is 2. The molecule has 0 unspecified atom stereocenters. The van der Waals surface area contributed by atoms with E-state index in [1.807, 2.05) is 13.8 Å². The quantitative estimate of drug-likeness (QED) is 0.850. The first-order valence-electron chi connectivity index (χ1n) is 5.83. The molecule has 0 radical (unpaired) electrons. The summed E-state index contributed by atoms with van der Waals surface area (Å²) in [4.78, 5) is 6.31. The lowest BCUT2D eigenvalue weighted by Gasteiger charge is -2.12. The van der Waals surface area contributed by atoms with Gasteiger partial charge >= 0.3 is 0 Å². The average Bonchev–Trinajstić information content (AvgIpc) is 2.94. The number of hydrogen-bond acceptors (Lipinski definition) is 5. The summed E-state index contributed by atoms with van der Waals surface area (Å²) in [5.41, 5.74) is 1.70. The number of rotatable bonds is 5. The molecule has 2 heterocycles. The van der Waals surface area contributed by atoms with Gasteiger partial charge in [-0.25, -0.2) is 18.1 Å². The molecule has 0 spiro atoms. The first kappa shape index (κ1) is 13.8. The van der Waals surface area contributed by atoms with Crippen LogP contribution >= 0.6 is 0 Å². The Hall–Kier alpha value is -1.67. The van der Waals surface area contributed by atoms with E-state index < -0.39 is 10.0 Å². The summed E-state index contributed by atoms with van der Waals surface area (Å²) in [6.07, 6.45) is 3.38. The minimum absolute atomic E-state index is 0.0851. The molecule has 0 aliphatic carbocycles. The molecule has 0 amide bonds. The number of H-pyrrole nitrogens is 1. The first-order valence-corrected chi connectivity index (χ1v) is 7.32. The van der Waals surface area contributed by atoms with Gasteiger partial charge in [0.05, 0.1) is 5.69 Å². The van der Waals surface area contributed by atoms with Gasteiger partial charge < -0.3 is 9.51 Å². The second-order valence-corrected chi connectivity index (χ2v) is 6.05. The van der Waals surface area contributed by atoms with Crippen LogP contribution < -0.4 is 4.72 Å². The molecule has 7 nitrogen and oxygen atoms in total. The van der Waals surface area contributed by atoms with Crippen molar-refractivity contribution in [2.45, 2.75) is 38.4 Å². The van der Waals surface area contributed by atoms with Crippen LogP contribution in [0.5, 0.6) is 0 Å². The molecule has 0 saturated heterocycles. The Balaban J connectivity index is 2.08. The molecule has 0 aliphatic rings. The maximum absolute atomic E-state index is 12.0. The molecule has 2 N–H and O–H groups in total. The zero-order chi connectivity index (χ0) is 14.0. The van der Waals surface area contributed by atoms with Crippen molar-refractivity contribution in [1.29, 1.82) is 0 Å². The highest BCUT2D eigenvalue weighted by molar-refractivity contribution is 7.89. The highest BCUT2D eigenvalue weighted by atomic mass is 32.2. The van der Waals surface area contributed by atoms with Gasteiger partial charge in [-0.1, -0.05) is 5.16 Å². The molecule has 19 heavy (non-hydrogen) atoms. The fourth-order valence-corrected chi connectivity index (χ4v) is 3.01. The highest BCUT2D eigenvalue weighted by Gasteiger charge is 2.21. The van der Waals surface area contributed by atoms with E-state index in [2.05, 4.69) is 19.8 Å². The molecule has 0 bridgehead atoms. The minimum atomic E-state index is -3.61. The van der Waals surface area contributed by atoms with Crippen LogP contribution in [-0.2, 0) is 16.4 Å². The van der Waals surface area contributed by atoms with Crippen LogP contribution in [-0.4, -0.2) is 29.6 Å². The van der Waals surface area contributed by atoms with E-state index in [1.54, 1.807) is 6.92 Å². The Bertz CT molecular complexity index is 626. The van der Waals surface area contributed by atoms with Crippen LogP contribution in [0, 0.1) is 13.8 Å². The SMILES string of the molecule is Cc1noc(C)c1C[C@@H](C)NS(=O)(=O)c1ncc[nH]1. The van der Waals surface area contributed by atoms with Gasteiger partial charge in [0.25, 0.3) is 10.0 Å². The lowest BCUT2D eigenvalue weighted by molar-refractivity contribution is 0.392. The molecule has 0 aliphatic heterocycles. The zero-order valence-corrected chi connectivity index (χ0v) is 11.8. The van der Waals surface area contributed by atoms with Crippen molar-refractivity contribution >= 4 is 10.0 Å². The standard InChI is InChI=1S/C11H16N4O3S/c1-7(6-10-8(2)14-18-9(10)3)15-19(16,17)11-12-4-5-13-11/h4-5,7,15H,6H2,1-3H3,(H,12,13)/t7-/m1/s1. The van der Waals surface area contributed by atoms with E-state index in [0.29, 0.717) is 12.2 Å². The van der Waals surface area contributed by atoms with E-state index >= 15 is 0 Å². The third kappa shape index (κ3) is 3.02. The number of nitrogens with one attached hydrogen (secondary N) is 2. The van der Waals surface area contributed by atoms with Crippen molar-refractivity contribution in [2.24, 2.45) is 0 Å². The van der Waals surface area contributed by atoms with E-state index in [-0.39, 0.29) is 11.2 Å². The predicted molar refractivity (Wildman–Crippen MR) is 68.1 cm³/mol. The van der Waals surface area contributed by atoms with E-state index in [1.165, 1.54) is 12.4 Å². The average molecular weight is 284 g/mol. The molecule has 8 heteroatoms. The lowest BCUT2D eigenvalue weighted by atomic mass is 10.1. The first-order chi connectivity index (χ1) is 8.90. The normalized spacial score (nSPS) is 13.6. The Kier molecular flexibility index (Phi) is 3.72. The van der Waals surface area contributed by atoms with E-state index in [9.17, 15) is 8.42 Å². The van der Waals surface area contributed by atoms with Crippen molar-refractivity contribution < 1.29 is 12.9 Å².